The number of rotatable bonds is 3. The van der Waals surface area contributed by atoms with Crippen LogP contribution in [0.15, 0.2) is 36.4 Å². The van der Waals surface area contributed by atoms with E-state index in [2.05, 4.69) is 5.32 Å². The van der Waals surface area contributed by atoms with Crippen LogP contribution in [-0.2, 0) is 6.54 Å². The Bertz CT molecular complexity index is 546. The van der Waals surface area contributed by atoms with Gasteiger partial charge in [-0.2, -0.15) is 0 Å². The molecule has 0 unspecified atom stereocenters. The van der Waals surface area contributed by atoms with Crippen molar-refractivity contribution >= 4 is 52.1 Å². The van der Waals surface area contributed by atoms with Crippen LogP contribution in [0.5, 0.6) is 0 Å². The van der Waals surface area contributed by atoms with Gasteiger partial charge in [-0.3, -0.25) is 0 Å². The fourth-order valence-electron chi connectivity index (χ4n) is 1.53. The first kappa shape index (κ1) is 13.8. The molecule has 0 aliphatic heterocycles. The fraction of sp³-hybridized carbons (Fsp3) is 0.0769. The molecule has 2 aromatic rings. The maximum Gasteiger partial charge on any atom is 0.0485 e. The van der Waals surface area contributed by atoms with Gasteiger partial charge in [0.1, 0.15) is 0 Å². The predicted molar refractivity (Wildman–Crippen MR) is 80.3 cm³/mol. The van der Waals surface area contributed by atoms with Crippen LogP contribution in [0.25, 0.3) is 0 Å². The average molecular weight is 321 g/mol. The monoisotopic (exact) mass is 319 g/mol. The van der Waals surface area contributed by atoms with Crippen LogP contribution in [-0.4, -0.2) is 0 Å². The third kappa shape index (κ3) is 3.46. The first-order chi connectivity index (χ1) is 8.56. The van der Waals surface area contributed by atoms with E-state index in [1.807, 2.05) is 24.3 Å². The molecule has 0 bridgehead atoms. The van der Waals surface area contributed by atoms with Crippen LogP contribution >= 0.6 is 46.4 Å². The van der Waals surface area contributed by atoms with E-state index in [1.165, 1.54) is 0 Å². The van der Waals surface area contributed by atoms with Crippen molar-refractivity contribution in [2.75, 3.05) is 5.32 Å². The van der Waals surface area contributed by atoms with Crippen molar-refractivity contribution in [1.29, 1.82) is 0 Å². The molecule has 0 aliphatic rings. The van der Waals surface area contributed by atoms with Gasteiger partial charge < -0.3 is 5.32 Å². The van der Waals surface area contributed by atoms with Crippen molar-refractivity contribution in [3.05, 3.63) is 62.1 Å². The molecule has 1 nitrogen and oxygen atoms in total. The highest BCUT2D eigenvalue weighted by molar-refractivity contribution is 6.39. The minimum atomic E-state index is 0.509. The van der Waals surface area contributed by atoms with Crippen LogP contribution in [0.4, 0.5) is 5.69 Å². The van der Waals surface area contributed by atoms with E-state index in [0.29, 0.717) is 26.6 Å². The number of hydrogen-bond donors (Lipinski definition) is 1. The quantitative estimate of drug-likeness (QED) is 0.741. The first-order valence-electron chi connectivity index (χ1n) is 5.19. The molecule has 0 atom stereocenters. The second-order valence-corrected chi connectivity index (χ2v) is 5.40. The zero-order chi connectivity index (χ0) is 13.1. The molecule has 0 saturated heterocycles. The predicted octanol–water partition coefficient (Wildman–Crippen LogP) is 5.91. The van der Waals surface area contributed by atoms with E-state index >= 15 is 0 Å². The summed E-state index contributed by atoms with van der Waals surface area (Å²) in [6.45, 7) is 0.509. The Balaban J connectivity index is 2.16. The Labute approximate surface area is 126 Å². The minimum absolute atomic E-state index is 0.509. The summed E-state index contributed by atoms with van der Waals surface area (Å²) in [7, 11) is 0. The Hall–Kier alpha value is -0.600. The SMILES string of the molecule is Clc1cccc(NCc2c(Cl)cc(Cl)cc2Cl)c1. The summed E-state index contributed by atoms with van der Waals surface area (Å²) in [5.41, 5.74) is 1.72. The molecule has 2 aromatic carbocycles. The van der Waals surface area contributed by atoms with Crippen LogP contribution in [0, 0.1) is 0 Å². The average Bonchev–Trinajstić information content (AvgIpc) is 2.27. The normalized spacial score (nSPS) is 10.4. The zero-order valence-corrected chi connectivity index (χ0v) is 12.2. The maximum absolute atomic E-state index is 6.10. The van der Waals surface area contributed by atoms with Crippen LogP contribution in [0.1, 0.15) is 5.56 Å². The van der Waals surface area contributed by atoms with Gasteiger partial charge >= 0.3 is 0 Å². The first-order valence-corrected chi connectivity index (χ1v) is 6.70. The van der Waals surface area contributed by atoms with E-state index < -0.39 is 0 Å². The molecule has 0 fully saturated rings. The largest absolute Gasteiger partial charge is 0.381 e. The molecule has 0 saturated carbocycles. The number of benzene rings is 2. The molecule has 0 amide bonds. The van der Waals surface area contributed by atoms with Gasteiger partial charge in [-0.05, 0) is 30.3 Å². The van der Waals surface area contributed by atoms with E-state index in [-0.39, 0.29) is 0 Å². The third-order valence-electron chi connectivity index (χ3n) is 2.40. The van der Waals surface area contributed by atoms with Crippen molar-refractivity contribution in [1.82, 2.24) is 0 Å². The Kier molecular flexibility index (Phi) is 4.63. The molecule has 18 heavy (non-hydrogen) atoms. The minimum Gasteiger partial charge on any atom is -0.381 e. The summed E-state index contributed by atoms with van der Waals surface area (Å²) in [6.07, 6.45) is 0. The molecule has 1 N–H and O–H groups in total. The molecule has 0 aliphatic carbocycles. The lowest BCUT2D eigenvalue weighted by Crippen LogP contribution is -2.00. The van der Waals surface area contributed by atoms with Gasteiger partial charge in [-0.1, -0.05) is 52.5 Å². The molecular weight excluding hydrogens is 312 g/mol. The molecule has 5 heteroatoms. The smallest absolute Gasteiger partial charge is 0.0485 e. The van der Waals surface area contributed by atoms with Gasteiger partial charge in [0.05, 0.1) is 0 Å². The van der Waals surface area contributed by atoms with Crippen LogP contribution in [0.2, 0.25) is 20.1 Å². The number of anilines is 1. The van der Waals surface area contributed by atoms with Crippen LogP contribution < -0.4 is 5.32 Å². The van der Waals surface area contributed by atoms with Crippen molar-refractivity contribution in [2.24, 2.45) is 0 Å². The third-order valence-corrected chi connectivity index (χ3v) is 3.53. The Morgan fingerprint density at radius 3 is 2.11 bits per heavy atom. The van der Waals surface area contributed by atoms with Gasteiger partial charge in [0.2, 0.25) is 0 Å². The summed E-state index contributed by atoms with van der Waals surface area (Å²) < 4.78 is 0. The highest BCUT2D eigenvalue weighted by Gasteiger charge is 2.07. The van der Waals surface area contributed by atoms with Gasteiger partial charge in [-0.25, -0.2) is 0 Å². The van der Waals surface area contributed by atoms with Crippen molar-refractivity contribution in [2.45, 2.75) is 6.54 Å². The molecule has 94 valence electrons. The lowest BCUT2D eigenvalue weighted by molar-refractivity contribution is 1.15. The lowest BCUT2D eigenvalue weighted by Gasteiger charge is -2.10. The van der Waals surface area contributed by atoms with Crippen molar-refractivity contribution in [3.63, 3.8) is 0 Å². The van der Waals surface area contributed by atoms with Crippen molar-refractivity contribution < 1.29 is 0 Å². The van der Waals surface area contributed by atoms with E-state index in [1.54, 1.807) is 12.1 Å². The highest BCUT2D eigenvalue weighted by Crippen LogP contribution is 2.29. The van der Waals surface area contributed by atoms with E-state index in [0.717, 1.165) is 11.3 Å². The number of hydrogen-bond acceptors (Lipinski definition) is 1. The summed E-state index contributed by atoms with van der Waals surface area (Å²) in [4.78, 5) is 0. The van der Waals surface area contributed by atoms with E-state index in [4.69, 9.17) is 46.4 Å². The zero-order valence-electron chi connectivity index (χ0n) is 9.18. The number of halogens is 4. The highest BCUT2D eigenvalue weighted by atomic mass is 35.5. The van der Waals surface area contributed by atoms with Crippen molar-refractivity contribution in [3.8, 4) is 0 Å². The van der Waals surface area contributed by atoms with Gasteiger partial charge in [-0.15, -0.1) is 0 Å². The summed E-state index contributed by atoms with van der Waals surface area (Å²) in [5.74, 6) is 0. The van der Waals surface area contributed by atoms with Gasteiger partial charge in [0.25, 0.3) is 0 Å². The molecule has 0 aromatic heterocycles. The lowest BCUT2D eigenvalue weighted by atomic mass is 10.2. The molecule has 0 spiro atoms. The van der Waals surface area contributed by atoms with Gasteiger partial charge in [0, 0.05) is 37.9 Å². The second-order valence-electron chi connectivity index (χ2n) is 3.71. The number of nitrogens with one attached hydrogen (secondary N) is 1. The molecular formula is C13H9Cl4N. The van der Waals surface area contributed by atoms with Gasteiger partial charge in [0.15, 0.2) is 0 Å². The second kappa shape index (κ2) is 6.03. The summed E-state index contributed by atoms with van der Waals surface area (Å²) in [5, 5.41) is 5.49. The topological polar surface area (TPSA) is 12.0 Å². The summed E-state index contributed by atoms with van der Waals surface area (Å²) in [6, 6.07) is 10.8. The van der Waals surface area contributed by atoms with Crippen LogP contribution in [0.3, 0.4) is 0 Å². The molecule has 0 radical (unpaired) electrons. The fourth-order valence-corrected chi connectivity index (χ4v) is 2.67. The summed E-state index contributed by atoms with van der Waals surface area (Å²) >= 11 is 23.9. The molecule has 0 heterocycles. The molecule has 2 rings (SSSR count). The van der Waals surface area contributed by atoms with E-state index in [9.17, 15) is 0 Å². The maximum atomic E-state index is 6.10. The Morgan fingerprint density at radius 1 is 0.833 bits per heavy atom. The Morgan fingerprint density at radius 2 is 1.50 bits per heavy atom. The standard InChI is InChI=1S/C13H9Cl4N/c14-8-2-1-3-10(4-8)18-7-11-12(16)5-9(15)6-13(11)17/h1-6,18H,7H2.